The number of tetrazole rings is 1. The standard InChI is InChI=1S/C29H28N6O6/c1-5-38-25-16-19(14-15-21(25)20-10-7-8-11-22(20)27-31-33-34-32-27)35-17(3)30-24-13-9-12-23(26(24)35)28(36)40-18(4)41-29(37)39-6-2/h7-16,18H,5-6H2,1-4H3,(H,31,32,33,34). The molecule has 2 aromatic heterocycles. The number of carbonyl (C=O) groups is 2. The topological polar surface area (TPSA) is 143 Å². The molecule has 0 saturated carbocycles. The van der Waals surface area contributed by atoms with Crippen molar-refractivity contribution in [3.63, 3.8) is 0 Å². The largest absolute Gasteiger partial charge is 0.511 e. The highest BCUT2D eigenvalue weighted by Gasteiger charge is 2.23. The molecule has 1 N–H and O–H groups in total. The molecule has 0 bridgehead atoms. The average molecular weight is 557 g/mol. The summed E-state index contributed by atoms with van der Waals surface area (Å²) in [4.78, 5) is 29.5. The lowest BCUT2D eigenvalue weighted by Crippen LogP contribution is -2.22. The Kier molecular flexibility index (Phi) is 7.90. The number of nitrogens with zero attached hydrogens (tertiary/aromatic N) is 5. The van der Waals surface area contributed by atoms with E-state index in [0.717, 1.165) is 22.4 Å². The van der Waals surface area contributed by atoms with Crippen LogP contribution < -0.4 is 4.74 Å². The van der Waals surface area contributed by atoms with Crippen LogP contribution in [0.3, 0.4) is 0 Å². The van der Waals surface area contributed by atoms with Crippen LogP contribution in [0.5, 0.6) is 5.75 Å². The Balaban J connectivity index is 1.57. The predicted molar refractivity (Wildman–Crippen MR) is 149 cm³/mol. The number of imidazole rings is 1. The number of aromatic amines is 1. The van der Waals surface area contributed by atoms with Crippen molar-refractivity contribution < 1.29 is 28.5 Å². The molecule has 1 unspecified atom stereocenters. The molecule has 0 aliphatic rings. The van der Waals surface area contributed by atoms with Crippen molar-refractivity contribution in [2.24, 2.45) is 0 Å². The molecular weight excluding hydrogens is 528 g/mol. The smallest absolute Gasteiger partial charge is 0.493 e. The first kappa shape index (κ1) is 27.3. The number of aromatic nitrogens is 6. The third-order valence-electron chi connectivity index (χ3n) is 6.19. The van der Waals surface area contributed by atoms with E-state index in [9.17, 15) is 9.59 Å². The van der Waals surface area contributed by atoms with Crippen LogP contribution in [0.2, 0.25) is 0 Å². The normalized spacial score (nSPS) is 11.7. The van der Waals surface area contributed by atoms with Gasteiger partial charge in [0.2, 0.25) is 12.1 Å². The van der Waals surface area contributed by atoms with E-state index >= 15 is 0 Å². The van der Waals surface area contributed by atoms with E-state index in [1.807, 2.05) is 66.9 Å². The Morgan fingerprint density at radius 1 is 0.951 bits per heavy atom. The third kappa shape index (κ3) is 5.57. The quantitative estimate of drug-likeness (QED) is 0.189. The second-order valence-electron chi connectivity index (χ2n) is 8.84. The Bertz CT molecular complexity index is 1700. The number of hydrogen-bond acceptors (Lipinski definition) is 10. The molecule has 0 fully saturated rings. The molecule has 41 heavy (non-hydrogen) atoms. The number of para-hydroxylation sites is 1. The fraction of sp³-hybridized carbons (Fsp3) is 0.241. The third-order valence-corrected chi connectivity index (χ3v) is 6.19. The number of H-pyrrole nitrogens is 1. The fourth-order valence-corrected chi connectivity index (χ4v) is 4.59. The second kappa shape index (κ2) is 11.9. The van der Waals surface area contributed by atoms with Gasteiger partial charge in [-0.25, -0.2) is 14.6 Å². The molecule has 0 amide bonds. The zero-order chi connectivity index (χ0) is 28.9. The molecule has 210 valence electrons. The van der Waals surface area contributed by atoms with E-state index in [-0.39, 0.29) is 12.2 Å². The van der Waals surface area contributed by atoms with E-state index in [1.54, 1.807) is 19.1 Å². The molecular formula is C29H28N6O6. The Morgan fingerprint density at radius 3 is 2.49 bits per heavy atom. The van der Waals surface area contributed by atoms with Gasteiger partial charge in [0.15, 0.2) is 0 Å². The number of carbonyl (C=O) groups excluding carboxylic acids is 2. The molecule has 0 saturated heterocycles. The summed E-state index contributed by atoms with van der Waals surface area (Å²) < 4.78 is 23.1. The lowest BCUT2D eigenvalue weighted by molar-refractivity contribution is -0.0810. The molecule has 3 aromatic carbocycles. The number of benzene rings is 3. The molecule has 5 rings (SSSR count). The molecule has 12 nitrogen and oxygen atoms in total. The van der Waals surface area contributed by atoms with Crippen molar-refractivity contribution in [2.45, 2.75) is 34.0 Å². The average Bonchev–Trinajstić information content (AvgIpc) is 3.61. The van der Waals surface area contributed by atoms with Crippen molar-refractivity contribution in [1.29, 1.82) is 0 Å². The maximum absolute atomic E-state index is 13.2. The minimum atomic E-state index is -1.16. The van der Waals surface area contributed by atoms with Crippen molar-refractivity contribution >= 4 is 23.2 Å². The van der Waals surface area contributed by atoms with Crippen LogP contribution in [-0.4, -0.2) is 61.8 Å². The number of ether oxygens (including phenoxy) is 4. The first-order chi connectivity index (χ1) is 19.9. The minimum Gasteiger partial charge on any atom is -0.493 e. The van der Waals surface area contributed by atoms with Gasteiger partial charge in [-0.05, 0) is 55.8 Å². The summed E-state index contributed by atoms with van der Waals surface area (Å²) in [5, 5.41) is 14.5. The Labute approximate surface area is 235 Å². The van der Waals surface area contributed by atoms with Crippen LogP contribution in [0.4, 0.5) is 4.79 Å². The summed E-state index contributed by atoms with van der Waals surface area (Å²) in [6.07, 6.45) is -2.08. The Morgan fingerprint density at radius 2 is 1.76 bits per heavy atom. The molecule has 5 aromatic rings. The first-order valence-electron chi connectivity index (χ1n) is 13.0. The maximum Gasteiger partial charge on any atom is 0.511 e. The zero-order valence-electron chi connectivity index (χ0n) is 23.0. The van der Waals surface area contributed by atoms with Crippen molar-refractivity contribution in [3.05, 3.63) is 72.1 Å². The molecule has 2 heterocycles. The Hall–Kier alpha value is -5.26. The lowest BCUT2D eigenvalue weighted by atomic mass is 9.98. The van der Waals surface area contributed by atoms with E-state index in [2.05, 4.69) is 25.6 Å². The number of aryl methyl sites for hydroxylation is 1. The van der Waals surface area contributed by atoms with Gasteiger partial charge in [0.05, 0.1) is 35.5 Å². The number of hydrogen-bond donors (Lipinski definition) is 1. The fourth-order valence-electron chi connectivity index (χ4n) is 4.59. The van der Waals surface area contributed by atoms with E-state index < -0.39 is 18.4 Å². The van der Waals surface area contributed by atoms with Gasteiger partial charge in [-0.15, -0.1) is 10.2 Å². The summed E-state index contributed by atoms with van der Waals surface area (Å²) in [5.74, 6) is 1.06. The van der Waals surface area contributed by atoms with Crippen molar-refractivity contribution in [1.82, 2.24) is 30.2 Å². The summed E-state index contributed by atoms with van der Waals surface area (Å²) in [7, 11) is 0. The molecule has 1 atom stereocenters. The molecule has 12 heteroatoms. The van der Waals surface area contributed by atoms with Crippen LogP contribution in [0.25, 0.3) is 39.2 Å². The molecule has 0 aliphatic heterocycles. The van der Waals surface area contributed by atoms with Gasteiger partial charge >= 0.3 is 12.1 Å². The number of nitrogens with one attached hydrogen (secondary N) is 1. The second-order valence-corrected chi connectivity index (χ2v) is 8.84. The van der Waals surface area contributed by atoms with Gasteiger partial charge < -0.3 is 18.9 Å². The van der Waals surface area contributed by atoms with E-state index in [1.165, 1.54) is 6.92 Å². The number of rotatable bonds is 9. The lowest BCUT2D eigenvalue weighted by Gasteiger charge is -2.17. The summed E-state index contributed by atoms with van der Waals surface area (Å²) in [5.41, 5.74) is 4.63. The van der Waals surface area contributed by atoms with Crippen LogP contribution in [0.1, 0.15) is 37.0 Å². The number of fused-ring (bicyclic) bond motifs is 1. The van der Waals surface area contributed by atoms with Crippen molar-refractivity contribution in [2.75, 3.05) is 13.2 Å². The van der Waals surface area contributed by atoms with Crippen LogP contribution >= 0.6 is 0 Å². The minimum absolute atomic E-state index is 0.141. The first-order valence-corrected chi connectivity index (χ1v) is 13.0. The SMILES string of the molecule is CCOC(=O)OC(C)OC(=O)c1cccc2nc(C)n(-c3ccc(-c4ccccc4-c4nn[nH]n4)c(OCC)c3)c12. The summed E-state index contributed by atoms with van der Waals surface area (Å²) in [6.45, 7) is 7.42. The molecule has 0 spiro atoms. The van der Waals surface area contributed by atoms with Gasteiger partial charge in [0, 0.05) is 24.1 Å². The summed E-state index contributed by atoms with van der Waals surface area (Å²) >= 11 is 0. The zero-order valence-corrected chi connectivity index (χ0v) is 23.0. The predicted octanol–water partition coefficient (Wildman–Crippen LogP) is 5.26. The van der Waals surface area contributed by atoms with Gasteiger partial charge in [-0.2, -0.15) is 5.21 Å². The van der Waals surface area contributed by atoms with Gasteiger partial charge in [0.1, 0.15) is 11.6 Å². The van der Waals surface area contributed by atoms with Crippen LogP contribution in [-0.2, 0) is 14.2 Å². The van der Waals surface area contributed by atoms with Gasteiger partial charge in [-0.1, -0.05) is 30.3 Å². The number of esters is 1. The van der Waals surface area contributed by atoms with Gasteiger partial charge in [-0.3, -0.25) is 4.57 Å². The highest BCUT2D eigenvalue weighted by Crippen LogP contribution is 2.38. The van der Waals surface area contributed by atoms with Gasteiger partial charge in [0.25, 0.3) is 0 Å². The maximum atomic E-state index is 13.2. The van der Waals surface area contributed by atoms with Crippen molar-refractivity contribution in [3.8, 4) is 34.0 Å². The monoisotopic (exact) mass is 556 g/mol. The highest BCUT2D eigenvalue weighted by molar-refractivity contribution is 6.03. The molecule has 0 radical (unpaired) electrons. The van der Waals surface area contributed by atoms with E-state index in [0.29, 0.717) is 35.0 Å². The van der Waals surface area contributed by atoms with Crippen LogP contribution in [0, 0.1) is 6.92 Å². The van der Waals surface area contributed by atoms with E-state index in [4.69, 9.17) is 18.9 Å². The van der Waals surface area contributed by atoms with Crippen LogP contribution in [0.15, 0.2) is 60.7 Å². The highest BCUT2D eigenvalue weighted by atomic mass is 16.8. The molecule has 0 aliphatic carbocycles. The summed E-state index contributed by atoms with van der Waals surface area (Å²) in [6, 6.07) is 18.7.